The number of fused-ring (bicyclic) bond motifs is 3. The molecule has 0 saturated carbocycles. The Balaban J connectivity index is 2.00. The van der Waals surface area contributed by atoms with E-state index in [0.717, 1.165) is 16.8 Å². The van der Waals surface area contributed by atoms with Gasteiger partial charge in [-0.3, -0.25) is 14.4 Å². The van der Waals surface area contributed by atoms with E-state index in [2.05, 4.69) is 10.2 Å². The topological polar surface area (TPSA) is 89.6 Å². The smallest absolute Gasteiger partial charge is 0.306 e. The molecule has 2 heterocycles. The zero-order valence-corrected chi connectivity index (χ0v) is 16.7. The first-order valence-corrected chi connectivity index (χ1v) is 9.60. The molecule has 1 atom stereocenters. The van der Waals surface area contributed by atoms with Gasteiger partial charge in [-0.25, -0.2) is 0 Å². The summed E-state index contributed by atoms with van der Waals surface area (Å²) in [6.45, 7) is 4.29. The monoisotopic (exact) mass is 410 g/mol. The summed E-state index contributed by atoms with van der Waals surface area (Å²) in [5, 5.41) is 18.5. The van der Waals surface area contributed by atoms with E-state index < -0.39 is 12.0 Å². The predicted octanol–water partition coefficient (Wildman–Crippen LogP) is 3.99. The fraction of sp³-hybridized carbons (Fsp3) is 0.238. The van der Waals surface area contributed by atoms with Crippen LogP contribution in [0, 0.1) is 6.92 Å². The highest BCUT2D eigenvalue weighted by Crippen LogP contribution is 2.34. The zero-order valence-electron chi connectivity index (χ0n) is 16.0. The Morgan fingerprint density at radius 2 is 1.97 bits per heavy atom. The molecule has 0 bridgehead atoms. The van der Waals surface area contributed by atoms with E-state index in [1.807, 2.05) is 48.7 Å². The first-order valence-electron chi connectivity index (χ1n) is 9.23. The molecule has 0 aliphatic carbocycles. The van der Waals surface area contributed by atoms with Crippen LogP contribution in [-0.2, 0) is 4.79 Å². The van der Waals surface area contributed by atoms with Gasteiger partial charge in [0, 0.05) is 16.1 Å². The Morgan fingerprint density at radius 1 is 1.21 bits per heavy atom. The van der Waals surface area contributed by atoms with Gasteiger partial charge < -0.3 is 9.84 Å². The van der Waals surface area contributed by atoms with Crippen LogP contribution in [0.4, 0.5) is 0 Å². The lowest BCUT2D eigenvalue weighted by atomic mass is 10.00. The predicted molar refractivity (Wildman–Crippen MR) is 109 cm³/mol. The summed E-state index contributed by atoms with van der Waals surface area (Å²) in [6, 6.07) is 12.4. The third kappa shape index (κ3) is 3.61. The highest BCUT2D eigenvalue weighted by molar-refractivity contribution is 6.30. The lowest BCUT2D eigenvalue weighted by Crippen LogP contribution is -2.10. The minimum atomic E-state index is -0.956. The average Bonchev–Trinajstić information content (AvgIpc) is 3.01. The molecule has 2 aromatic carbocycles. The van der Waals surface area contributed by atoms with Crippen LogP contribution in [0.1, 0.15) is 42.2 Å². The summed E-state index contributed by atoms with van der Waals surface area (Å²) in [4.78, 5) is 16.4. The van der Waals surface area contributed by atoms with Crippen LogP contribution in [0.3, 0.4) is 0 Å². The van der Waals surface area contributed by atoms with E-state index in [4.69, 9.17) is 21.3 Å². The van der Waals surface area contributed by atoms with Gasteiger partial charge in [0.1, 0.15) is 17.6 Å². The molecule has 0 radical (unpaired) electrons. The molecule has 3 aromatic rings. The van der Waals surface area contributed by atoms with Crippen LogP contribution in [0.2, 0.25) is 5.02 Å². The molecule has 4 rings (SSSR count). The van der Waals surface area contributed by atoms with Crippen molar-refractivity contribution in [3.8, 4) is 11.4 Å². The molecule has 1 aromatic heterocycles. The molecule has 29 heavy (non-hydrogen) atoms. The fourth-order valence-electron chi connectivity index (χ4n) is 3.47. The van der Waals surface area contributed by atoms with Gasteiger partial charge in [-0.2, -0.15) is 0 Å². The van der Waals surface area contributed by atoms with Crippen LogP contribution in [0.5, 0.6) is 5.75 Å². The third-order valence-electron chi connectivity index (χ3n) is 4.69. The molecule has 7 nitrogen and oxygen atoms in total. The van der Waals surface area contributed by atoms with E-state index in [0.29, 0.717) is 34.7 Å². The molecule has 148 valence electrons. The molecule has 0 unspecified atom stereocenters. The molecule has 0 fully saturated rings. The van der Waals surface area contributed by atoms with Gasteiger partial charge in [-0.15, -0.1) is 10.2 Å². The number of carboxylic acid groups (broad SMARTS) is 1. The third-order valence-corrected chi connectivity index (χ3v) is 4.95. The summed E-state index contributed by atoms with van der Waals surface area (Å²) in [7, 11) is 0. The van der Waals surface area contributed by atoms with Gasteiger partial charge in [0.25, 0.3) is 0 Å². The molecule has 0 amide bonds. The number of hydrogen-bond acceptors (Lipinski definition) is 5. The van der Waals surface area contributed by atoms with Crippen molar-refractivity contribution in [1.29, 1.82) is 0 Å². The number of nitrogens with zero attached hydrogens (tertiary/aromatic N) is 4. The van der Waals surface area contributed by atoms with Crippen LogP contribution >= 0.6 is 11.6 Å². The molecule has 1 N–H and O–H groups in total. The average molecular weight is 411 g/mol. The van der Waals surface area contributed by atoms with Crippen LogP contribution in [0.15, 0.2) is 47.5 Å². The van der Waals surface area contributed by atoms with Gasteiger partial charge in [-0.1, -0.05) is 23.7 Å². The Hall–Kier alpha value is -3.19. The number of halogens is 1. The highest BCUT2D eigenvalue weighted by Gasteiger charge is 2.29. The quantitative estimate of drug-likeness (QED) is 0.686. The number of carboxylic acids is 1. The van der Waals surface area contributed by atoms with Crippen molar-refractivity contribution in [2.24, 2.45) is 4.99 Å². The number of aryl methyl sites for hydroxylation is 1. The molecular weight excluding hydrogens is 392 g/mol. The van der Waals surface area contributed by atoms with Crippen molar-refractivity contribution in [2.45, 2.75) is 26.3 Å². The fourth-order valence-corrected chi connectivity index (χ4v) is 3.60. The molecular formula is C21H19ClN4O3. The molecule has 0 saturated heterocycles. The maximum atomic E-state index is 11.5. The second-order valence-corrected chi connectivity index (χ2v) is 7.09. The summed E-state index contributed by atoms with van der Waals surface area (Å²) in [5.74, 6) is 0.909. The van der Waals surface area contributed by atoms with E-state index in [1.165, 1.54) is 0 Å². The van der Waals surface area contributed by atoms with Gasteiger partial charge in [0.2, 0.25) is 0 Å². The SMILES string of the molecule is CCOc1ccc2c(c1)C(c1ccc(Cl)cc1)=N[C@@H](CC(=O)O)c1nnc(C)n1-2. The van der Waals surface area contributed by atoms with E-state index in [9.17, 15) is 9.90 Å². The lowest BCUT2D eigenvalue weighted by molar-refractivity contribution is -0.137. The second kappa shape index (κ2) is 7.67. The van der Waals surface area contributed by atoms with Crippen molar-refractivity contribution in [2.75, 3.05) is 6.61 Å². The van der Waals surface area contributed by atoms with Crippen molar-refractivity contribution in [3.63, 3.8) is 0 Å². The maximum Gasteiger partial charge on any atom is 0.306 e. The Bertz CT molecular complexity index is 1110. The number of aromatic nitrogens is 3. The number of benzene rings is 2. The normalized spacial score (nSPS) is 15.1. The molecule has 0 spiro atoms. The van der Waals surface area contributed by atoms with Crippen molar-refractivity contribution < 1.29 is 14.6 Å². The van der Waals surface area contributed by atoms with Gasteiger partial charge in [-0.05, 0) is 44.2 Å². The van der Waals surface area contributed by atoms with Crippen molar-refractivity contribution in [1.82, 2.24) is 14.8 Å². The van der Waals surface area contributed by atoms with Crippen LogP contribution in [0.25, 0.3) is 5.69 Å². The van der Waals surface area contributed by atoms with E-state index in [1.54, 1.807) is 12.1 Å². The number of aliphatic imine (C=N–C) groups is 1. The van der Waals surface area contributed by atoms with Crippen molar-refractivity contribution in [3.05, 3.63) is 70.3 Å². The van der Waals surface area contributed by atoms with Crippen molar-refractivity contribution >= 4 is 23.3 Å². The largest absolute Gasteiger partial charge is 0.494 e. The molecule has 8 heteroatoms. The zero-order chi connectivity index (χ0) is 20.5. The lowest BCUT2D eigenvalue weighted by Gasteiger charge is -2.14. The van der Waals surface area contributed by atoms with Crippen LogP contribution < -0.4 is 4.74 Å². The number of hydrogen-bond donors (Lipinski definition) is 1. The number of aliphatic carboxylic acids is 1. The van der Waals surface area contributed by atoms with E-state index in [-0.39, 0.29) is 6.42 Å². The van der Waals surface area contributed by atoms with Crippen LogP contribution in [-0.4, -0.2) is 38.2 Å². The summed E-state index contributed by atoms with van der Waals surface area (Å²) < 4.78 is 7.56. The number of ether oxygens (including phenoxy) is 1. The maximum absolute atomic E-state index is 11.5. The Morgan fingerprint density at radius 3 is 2.66 bits per heavy atom. The standard InChI is InChI=1S/C21H19ClN4O3/c1-3-29-15-8-9-18-16(10-15)20(13-4-6-14(22)7-5-13)23-17(11-19(27)28)21-25-24-12(2)26(18)21/h4-10,17H,3,11H2,1-2H3,(H,27,28)/t17-/m0/s1. The number of carbonyl (C=O) groups is 1. The molecule has 1 aliphatic heterocycles. The minimum absolute atomic E-state index is 0.193. The Labute approximate surface area is 172 Å². The summed E-state index contributed by atoms with van der Waals surface area (Å²) in [6.07, 6.45) is -0.193. The van der Waals surface area contributed by atoms with E-state index >= 15 is 0 Å². The summed E-state index contributed by atoms with van der Waals surface area (Å²) in [5.41, 5.74) is 3.13. The Kier molecular flexibility index (Phi) is 5.07. The second-order valence-electron chi connectivity index (χ2n) is 6.65. The van der Waals surface area contributed by atoms with Gasteiger partial charge >= 0.3 is 5.97 Å². The number of rotatable bonds is 5. The molecule has 1 aliphatic rings. The first-order chi connectivity index (χ1) is 14.0. The van der Waals surface area contributed by atoms with Gasteiger partial charge in [0.05, 0.1) is 24.4 Å². The van der Waals surface area contributed by atoms with Gasteiger partial charge in [0.15, 0.2) is 5.82 Å². The minimum Gasteiger partial charge on any atom is -0.494 e. The summed E-state index contributed by atoms with van der Waals surface area (Å²) >= 11 is 6.06. The first kappa shape index (κ1) is 19.1. The highest BCUT2D eigenvalue weighted by atomic mass is 35.5.